The van der Waals surface area contributed by atoms with Crippen molar-refractivity contribution in [2.24, 2.45) is 5.92 Å². The Bertz CT molecular complexity index is 417. The van der Waals surface area contributed by atoms with E-state index in [0.717, 1.165) is 19.5 Å². The highest BCUT2D eigenvalue weighted by molar-refractivity contribution is 5.89. The molecular formula is C17H28N2O2. The lowest BCUT2D eigenvalue weighted by Gasteiger charge is -2.24. The Labute approximate surface area is 128 Å². The van der Waals surface area contributed by atoms with Crippen LogP contribution in [0.25, 0.3) is 0 Å². The Morgan fingerprint density at radius 3 is 2.33 bits per heavy atom. The largest absolute Gasteiger partial charge is 0.465 e. The van der Waals surface area contributed by atoms with E-state index in [4.69, 9.17) is 4.74 Å². The van der Waals surface area contributed by atoms with E-state index in [2.05, 4.69) is 38.2 Å². The molecule has 4 nitrogen and oxygen atoms in total. The van der Waals surface area contributed by atoms with Gasteiger partial charge in [0.15, 0.2) is 0 Å². The number of hydrogen-bond acceptors (Lipinski definition) is 4. The van der Waals surface area contributed by atoms with Crippen molar-refractivity contribution in [3.63, 3.8) is 0 Å². The van der Waals surface area contributed by atoms with Gasteiger partial charge in [0, 0.05) is 19.1 Å². The SMILES string of the molecule is COC(=O)c1ccc(CNC(CC(C)C)CN(C)C)cc1. The third kappa shape index (κ3) is 6.74. The lowest BCUT2D eigenvalue weighted by molar-refractivity contribution is 0.0600. The molecule has 0 spiro atoms. The summed E-state index contributed by atoms with van der Waals surface area (Å²) in [6.45, 7) is 6.33. The number of carbonyl (C=O) groups excluding carboxylic acids is 1. The van der Waals surface area contributed by atoms with Gasteiger partial charge >= 0.3 is 5.97 Å². The topological polar surface area (TPSA) is 41.6 Å². The van der Waals surface area contributed by atoms with Gasteiger partial charge in [-0.05, 0) is 44.1 Å². The van der Waals surface area contributed by atoms with Gasteiger partial charge in [0.25, 0.3) is 0 Å². The molecule has 0 bridgehead atoms. The van der Waals surface area contributed by atoms with Crippen molar-refractivity contribution < 1.29 is 9.53 Å². The Balaban J connectivity index is 2.56. The maximum atomic E-state index is 11.4. The number of esters is 1. The molecule has 1 unspecified atom stereocenters. The van der Waals surface area contributed by atoms with Crippen molar-refractivity contribution in [1.82, 2.24) is 10.2 Å². The van der Waals surface area contributed by atoms with Crippen LogP contribution in [0.5, 0.6) is 0 Å². The summed E-state index contributed by atoms with van der Waals surface area (Å²) in [6.07, 6.45) is 1.15. The van der Waals surface area contributed by atoms with Crippen LogP contribution in [-0.2, 0) is 11.3 Å². The molecule has 0 saturated heterocycles. The number of nitrogens with zero attached hydrogens (tertiary/aromatic N) is 1. The smallest absolute Gasteiger partial charge is 0.337 e. The van der Waals surface area contributed by atoms with E-state index < -0.39 is 0 Å². The zero-order valence-electron chi connectivity index (χ0n) is 13.8. The third-order valence-electron chi connectivity index (χ3n) is 3.31. The fourth-order valence-electron chi connectivity index (χ4n) is 2.37. The number of likely N-dealkylation sites (N-methyl/N-ethyl adjacent to an activating group) is 1. The molecule has 118 valence electrons. The Kier molecular flexibility index (Phi) is 7.40. The number of rotatable bonds is 8. The van der Waals surface area contributed by atoms with Gasteiger partial charge in [-0.3, -0.25) is 0 Å². The van der Waals surface area contributed by atoms with Gasteiger partial charge in [-0.1, -0.05) is 26.0 Å². The van der Waals surface area contributed by atoms with E-state index in [0.29, 0.717) is 17.5 Å². The van der Waals surface area contributed by atoms with Crippen LogP contribution in [-0.4, -0.2) is 44.7 Å². The number of hydrogen-bond donors (Lipinski definition) is 1. The van der Waals surface area contributed by atoms with Gasteiger partial charge in [-0.2, -0.15) is 0 Å². The summed E-state index contributed by atoms with van der Waals surface area (Å²) in [7, 11) is 5.59. The van der Waals surface area contributed by atoms with E-state index in [1.165, 1.54) is 12.7 Å². The molecule has 1 rings (SSSR count). The van der Waals surface area contributed by atoms with Crippen LogP contribution in [0, 0.1) is 5.92 Å². The van der Waals surface area contributed by atoms with Crippen LogP contribution in [0.15, 0.2) is 24.3 Å². The van der Waals surface area contributed by atoms with Gasteiger partial charge in [0.05, 0.1) is 12.7 Å². The van der Waals surface area contributed by atoms with E-state index in [9.17, 15) is 4.79 Å². The molecule has 0 amide bonds. The molecule has 1 N–H and O–H groups in total. The minimum atomic E-state index is -0.292. The molecule has 4 heteroatoms. The van der Waals surface area contributed by atoms with Crippen molar-refractivity contribution >= 4 is 5.97 Å². The van der Waals surface area contributed by atoms with Crippen LogP contribution >= 0.6 is 0 Å². The summed E-state index contributed by atoms with van der Waals surface area (Å²) >= 11 is 0. The maximum Gasteiger partial charge on any atom is 0.337 e. The molecule has 0 aliphatic heterocycles. The average Bonchev–Trinajstić information content (AvgIpc) is 2.43. The van der Waals surface area contributed by atoms with Gasteiger partial charge < -0.3 is 15.0 Å². The molecule has 1 atom stereocenters. The van der Waals surface area contributed by atoms with Gasteiger partial charge in [0.1, 0.15) is 0 Å². The predicted molar refractivity (Wildman–Crippen MR) is 86.4 cm³/mol. The highest BCUT2D eigenvalue weighted by atomic mass is 16.5. The number of methoxy groups -OCH3 is 1. The Hall–Kier alpha value is -1.39. The number of ether oxygens (including phenoxy) is 1. The predicted octanol–water partition coefficient (Wildman–Crippen LogP) is 2.54. The molecule has 0 fully saturated rings. The molecule has 0 heterocycles. The lowest BCUT2D eigenvalue weighted by Crippen LogP contribution is -2.38. The molecule has 0 aliphatic carbocycles. The lowest BCUT2D eigenvalue weighted by atomic mass is 10.0. The highest BCUT2D eigenvalue weighted by Crippen LogP contribution is 2.09. The molecule has 21 heavy (non-hydrogen) atoms. The summed E-state index contributed by atoms with van der Waals surface area (Å²) in [5.41, 5.74) is 1.77. The number of carbonyl (C=O) groups is 1. The van der Waals surface area contributed by atoms with E-state index in [-0.39, 0.29) is 5.97 Å². The quantitative estimate of drug-likeness (QED) is 0.748. The van der Waals surface area contributed by atoms with Gasteiger partial charge in [-0.25, -0.2) is 4.79 Å². The standard InChI is InChI=1S/C17H28N2O2/c1-13(2)10-16(12-19(3)4)18-11-14-6-8-15(9-7-14)17(20)21-5/h6-9,13,16,18H,10-12H2,1-5H3. The highest BCUT2D eigenvalue weighted by Gasteiger charge is 2.12. The molecule has 0 aliphatic rings. The summed E-state index contributed by atoms with van der Waals surface area (Å²) in [6, 6.07) is 8.04. The normalized spacial score (nSPS) is 12.7. The Morgan fingerprint density at radius 2 is 1.86 bits per heavy atom. The second kappa shape index (κ2) is 8.80. The number of nitrogens with one attached hydrogen (secondary N) is 1. The van der Waals surface area contributed by atoms with Crippen molar-refractivity contribution in [3.8, 4) is 0 Å². The minimum Gasteiger partial charge on any atom is -0.465 e. The number of benzene rings is 1. The summed E-state index contributed by atoms with van der Waals surface area (Å²) < 4.78 is 4.70. The van der Waals surface area contributed by atoms with Gasteiger partial charge in [0.2, 0.25) is 0 Å². The van der Waals surface area contributed by atoms with Crippen molar-refractivity contribution in [2.75, 3.05) is 27.7 Å². The maximum absolute atomic E-state index is 11.4. The van der Waals surface area contributed by atoms with Crippen LogP contribution < -0.4 is 5.32 Å². The molecule has 1 aromatic carbocycles. The second-order valence-corrected chi connectivity index (χ2v) is 6.16. The molecule has 0 aromatic heterocycles. The summed E-state index contributed by atoms with van der Waals surface area (Å²) in [5.74, 6) is 0.379. The van der Waals surface area contributed by atoms with Gasteiger partial charge in [-0.15, -0.1) is 0 Å². The molecular weight excluding hydrogens is 264 g/mol. The van der Waals surface area contributed by atoms with Crippen LogP contribution in [0.2, 0.25) is 0 Å². The van der Waals surface area contributed by atoms with E-state index >= 15 is 0 Å². The first-order valence-electron chi connectivity index (χ1n) is 7.47. The van der Waals surface area contributed by atoms with Crippen LogP contribution in [0.1, 0.15) is 36.2 Å². The summed E-state index contributed by atoms with van der Waals surface area (Å²) in [5, 5.41) is 3.60. The van der Waals surface area contributed by atoms with E-state index in [1.54, 1.807) is 0 Å². The van der Waals surface area contributed by atoms with Crippen molar-refractivity contribution in [1.29, 1.82) is 0 Å². The molecule has 0 radical (unpaired) electrons. The fraction of sp³-hybridized carbons (Fsp3) is 0.588. The fourth-order valence-corrected chi connectivity index (χ4v) is 2.37. The summed E-state index contributed by atoms with van der Waals surface area (Å²) in [4.78, 5) is 13.6. The first kappa shape index (κ1) is 17.7. The van der Waals surface area contributed by atoms with Crippen LogP contribution in [0.4, 0.5) is 0 Å². The average molecular weight is 292 g/mol. The third-order valence-corrected chi connectivity index (χ3v) is 3.31. The first-order valence-corrected chi connectivity index (χ1v) is 7.47. The zero-order chi connectivity index (χ0) is 15.8. The molecule has 1 aromatic rings. The first-order chi connectivity index (χ1) is 9.92. The zero-order valence-corrected chi connectivity index (χ0v) is 13.8. The molecule has 0 saturated carbocycles. The van der Waals surface area contributed by atoms with E-state index in [1.807, 2.05) is 24.3 Å². The van der Waals surface area contributed by atoms with Crippen LogP contribution in [0.3, 0.4) is 0 Å². The van der Waals surface area contributed by atoms with Crippen molar-refractivity contribution in [2.45, 2.75) is 32.9 Å². The minimum absolute atomic E-state index is 0.292. The Morgan fingerprint density at radius 1 is 1.24 bits per heavy atom. The second-order valence-electron chi connectivity index (χ2n) is 6.16. The monoisotopic (exact) mass is 292 g/mol. The van der Waals surface area contributed by atoms with Crippen molar-refractivity contribution in [3.05, 3.63) is 35.4 Å².